The predicted octanol–water partition coefficient (Wildman–Crippen LogP) is 3.99. The Hall–Kier alpha value is -6.40. The van der Waals surface area contributed by atoms with Gasteiger partial charge >= 0.3 is 29.6 Å². The number of Topliss-reactive ketones (excluding diaryl/α,β-unsaturated/α-hetero) is 1. The molecule has 0 atom stereocenters. The second-order valence-electron chi connectivity index (χ2n) is 11.8. The SMILES string of the molecule is Nc1ccc(N=Nc2ccc(N=Nc3c(S(=O)(=O)O)cc4c(c3N)C(=O)C(=NNc3ccc(N=Nc5ccc(N)cc5N)cc3)C(S(=O)(=O)O)=C4)cc2)c(N)c1.[Na+]. The maximum Gasteiger partial charge on any atom is 1.00 e. The molecule has 0 radical (unpaired) electrons. The van der Waals surface area contributed by atoms with Gasteiger partial charge in [0.2, 0.25) is 5.78 Å². The fraction of sp³-hybridized carbons (Fsp3) is 0. The Labute approximate surface area is 346 Å². The van der Waals surface area contributed by atoms with Gasteiger partial charge in [0.1, 0.15) is 26.9 Å². The molecule has 23 heteroatoms. The summed E-state index contributed by atoms with van der Waals surface area (Å²) >= 11 is 0. The van der Waals surface area contributed by atoms with Gasteiger partial charge in [-0.3, -0.25) is 19.3 Å². The molecule has 0 bridgehead atoms. The van der Waals surface area contributed by atoms with Crippen LogP contribution in [0, 0.1) is 0 Å². The van der Waals surface area contributed by atoms with Crippen LogP contribution in [0.4, 0.5) is 68.2 Å². The van der Waals surface area contributed by atoms with Gasteiger partial charge in [0, 0.05) is 11.4 Å². The summed E-state index contributed by atoms with van der Waals surface area (Å²) in [6.45, 7) is 0. The second-order valence-corrected chi connectivity index (χ2v) is 14.5. The molecule has 0 saturated heterocycles. The quantitative estimate of drug-likeness (QED) is 0.0325. The summed E-state index contributed by atoms with van der Waals surface area (Å²) in [5.41, 5.74) is 32.7. The van der Waals surface area contributed by atoms with Gasteiger partial charge in [-0.2, -0.15) is 37.3 Å². The Morgan fingerprint density at radius 3 is 1.51 bits per heavy atom. The molecule has 0 amide bonds. The molecular weight excluding hydrogens is 790 g/mol. The summed E-state index contributed by atoms with van der Waals surface area (Å²) in [5.74, 6) is -1.14. The van der Waals surface area contributed by atoms with Crippen molar-refractivity contribution < 1.29 is 60.3 Å². The van der Waals surface area contributed by atoms with E-state index in [-0.39, 0.29) is 46.5 Å². The van der Waals surface area contributed by atoms with Gasteiger partial charge in [-0.1, -0.05) is 0 Å². The number of fused-ring (bicyclic) bond motifs is 1. The molecule has 1 aliphatic rings. The van der Waals surface area contributed by atoms with Crippen molar-refractivity contribution in [3.8, 4) is 0 Å². The molecular formula is C34H29N13NaO7S2+. The Balaban J connectivity index is 0.00000620. The van der Waals surface area contributed by atoms with Crippen LogP contribution in [0.2, 0.25) is 0 Å². The monoisotopic (exact) mass is 818 g/mol. The fourth-order valence-corrected chi connectivity index (χ4v) is 6.40. The molecule has 5 aromatic carbocycles. The molecule has 6 rings (SSSR count). The van der Waals surface area contributed by atoms with Crippen LogP contribution in [0.15, 0.2) is 137 Å². The largest absolute Gasteiger partial charge is 1.00 e. The van der Waals surface area contributed by atoms with Gasteiger partial charge in [-0.25, -0.2) is 0 Å². The molecule has 0 aromatic heterocycles. The molecule has 5 aromatic rings. The zero-order chi connectivity index (χ0) is 40.4. The van der Waals surface area contributed by atoms with Crippen LogP contribution in [-0.4, -0.2) is 37.4 Å². The fourth-order valence-electron chi connectivity index (χ4n) is 5.07. The first kappa shape index (κ1) is 41.8. The van der Waals surface area contributed by atoms with Crippen molar-refractivity contribution >= 4 is 106 Å². The molecule has 0 aliphatic heterocycles. The zero-order valence-electron chi connectivity index (χ0n) is 29.5. The molecule has 0 heterocycles. The standard InChI is InChI=1S/C34H29N13O7S2.Na/c35-18-1-11-26(24(37)15-18)44-40-20-3-7-22(8-4-20)42-46-32-28(55(49,50)51)13-17-14-29(56(52,53)54)33(34(48)30(17)31(32)39)47-43-23-9-5-21(6-10-23)41-45-27-12-2-19(36)16-25(27)38;/h1-16,43H,35-39H2,(H,49,50,51)(H,52,53,54);/q;+1. The van der Waals surface area contributed by atoms with E-state index in [0.717, 1.165) is 12.1 Å². The average molecular weight is 819 g/mol. The van der Waals surface area contributed by atoms with Gasteiger partial charge in [0.25, 0.3) is 20.2 Å². The molecule has 284 valence electrons. The number of anilines is 6. The molecule has 0 unspecified atom stereocenters. The van der Waals surface area contributed by atoms with Crippen molar-refractivity contribution in [3.63, 3.8) is 0 Å². The van der Waals surface area contributed by atoms with Crippen molar-refractivity contribution in [1.29, 1.82) is 0 Å². The number of hydrogen-bond donors (Lipinski definition) is 8. The van der Waals surface area contributed by atoms with Crippen molar-refractivity contribution in [2.75, 3.05) is 34.1 Å². The average Bonchev–Trinajstić information content (AvgIpc) is 3.13. The molecule has 0 spiro atoms. The minimum absolute atomic E-state index is 0. The van der Waals surface area contributed by atoms with Crippen LogP contribution >= 0.6 is 0 Å². The summed E-state index contributed by atoms with van der Waals surface area (Å²) < 4.78 is 69.8. The number of nitrogens with zero attached hydrogens (tertiary/aromatic N) is 7. The summed E-state index contributed by atoms with van der Waals surface area (Å²) in [5, 5.41) is 28.2. The zero-order valence-corrected chi connectivity index (χ0v) is 33.1. The topological polar surface area (TPSA) is 354 Å². The molecule has 13 N–H and O–H groups in total. The van der Waals surface area contributed by atoms with Crippen molar-refractivity contribution in [2.45, 2.75) is 4.90 Å². The number of azo groups is 3. The number of allylic oxidation sites excluding steroid dienone is 1. The van der Waals surface area contributed by atoms with Crippen LogP contribution < -0.4 is 63.7 Å². The number of carbonyl (C=O) groups excluding carboxylic acids is 1. The number of benzene rings is 5. The third-order valence-electron chi connectivity index (χ3n) is 7.78. The first-order valence-electron chi connectivity index (χ1n) is 15.7. The molecule has 57 heavy (non-hydrogen) atoms. The van der Waals surface area contributed by atoms with Crippen LogP contribution in [0.5, 0.6) is 0 Å². The molecule has 0 saturated carbocycles. The van der Waals surface area contributed by atoms with E-state index < -0.39 is 58.5 Å². The predicted molar refractivity (Wildman–Crippen MR) is 212 cm³/mol. The van der Waals surface area contributed by atoms with Crippen molar-refractivity contribution in [3.05, 3.63) is 107 Å². The second kappa shape index (κ2) is 16.8. The van der Waals surface area contributed by atoms with Crippen LogP contribution in [0.3, 0.4) is 0 Å². The van der Waals surface area contributed by atoms with Gasteiger partial charge in [0.05, 0.1) is 45.4 Å². The van der Waals surface area contributed by atoms with Crippen LogP contribution in [-0.2, 0) is 20.2 Å². The number of carbonyl (C=O) groups is 1. The molecule has 20 nitrogen and oxygen atoms in total. The smallest absolute Gasteiger partial charge is 0.399 e. The normalized spacial score (nSPS) is 13.9. The van der Waals surface area contributed by atoms with Crippen molar-refractivity contribution in [2.24, 2.45) is 35.8 Å². The first-order chi connectivity index (χ1) is 26.5. The minimum atomic E-state index is -5.14. The maximum atomic E-state index is 13.8. The van der Waals surface area contributed by atoms with Gasteiger partial charge in [0.15, 0.2) is 5.71 Å². The van der Waals surface area contributed by atoms with E-state index in [0.29, 0.717) is 45.5 Å². The molecule has 0 fully saturated rings. The first-order valence-corrected chi connectivity index (χ1v) is 18.6. The third-order valence-corrected chi connectivity index (χ3v) is 9.51. The van der Waals surface area contributed by atoms with E-state index in [9.17, 15) is 30.7 Å². The van der Waals surface area contributed by atoms with E-state index in [1.807, 2.05) is 0 Å². The number of nitrogens with two attached hydrogens (primary N) is 5. The number of nitrogen functional groups attached to an aromatic ring is 5. The Bertz CT molecular complexity index is 2790. The summed E-state index contributed by atoms with van der Waals surface area (Å²) in [6, 6.07) is 22.2. The summed E-state index contributed by atoms with van der Waals surface area (Å²) in [7, 11) is -10.2. The number of rotatable bonds is 10. The van der Waals surface area contributed by atoms with Crippen LogP contribution in [0.1, 0.15) is 15.9 Å². The van der Waals surface area contributed by atoms with Crippen molar-refractivity contribution in [1.82, 2.24) is 0 Å². The Kier molecular flexibility index (Phi) is 12.3. The van der Waals surface area contributed by atoms with Gasteiger partial charge < -0.3 is 28.7 Å². The van der Waals surface area contributed by atoms with E-state index in [4.69, 9.17) is 28.7 Å². The third kappa shape index (κ3) is 9.71. The molecule has 1 aliphatic carbocycles. The van der Waals surface area contributed by atoms with Crippen LogP contribution in [0.25, 0.3) is 6.08 Å². The Morgan fingerprint density at radius 2 is 1.05 bits per heavy atom. The van der Waals surface area contributed by atoms with Gasteiger partial charge in [-0.05, 0) is 103 Å². The summed E-state index contributed by atoms with van der Waals surface area (Å²) in [4.78, 5) is 11.9. The van der Waals surface area contributed by atoms with Gasteiger partial charge in [-0.15, -0.1) is 15.3 Å². The van der Waals surface area contributed by atoms with E-state index in [2.05, 4.69) is 41.2 Å². The number of ketones is 1. The Morgan fingerprint density at radius 1 is 0.579 bits per heavy atom. The number of hydrogen-bond acceptors (Lipinski definition) is 18. The van der Waals surface area contributed by atoms with E-state index in [1.54, 1.807) is 24.3 Å². The summed E-state index contributed by atoms with van der Waals surface area (Å²) in [6.07, 6.45) is 0.774. The minimum Gasteiger partial charge on any atom is -0.399 e. The van der Waals surface area contributed by atoms with E-state index in [1.165, 1.54) is 60.7 Å². The number of hydrazone groups is 1. The number of nitrogens with one attached hydrogen (secondary N) is 1. The van der Waals surface area contributed by atoms with E-state index >= 15 is 0 Å². The maximum absolute atomic E-state index is 13.8.